The van der Waals surface area contributed by atoms with Crippen LogP contribution in [0.5, 0.6) is 0 Å². The number of anilines is 1. The van der Waals surface area contributed by atoms with Crippen molar-refractivity contribution in [2.45, 2.75) is 38.5 Å². The van der Waals surface area contributed by atoms with E-state index >= 15 is 0 Å². The standard InChI is InChI=1S/C22H24N4O5S3/c1-13-10-24(11-14(2)31-13)19-16(20(27)25-7-4-3-5-18(25)23-19)9-17-21(28)26(22(32)33-17)15-6-8-34(29,30)12-15/h3-5,7,9,13-15H,6,8,10-12H2,1-2H3. The van der Waals surface area contributed by atoms with E-state index in [9.17, 15) is 18.0 Å². The van der Waals surface area contributed by atoms with Crippen molar-refractivity contribution in [3.05, 3.63) is 45.2 Å². The molecule has 5 heterocycles. The lowest BCUT2D eigenvalue weighted by molar-refractivity contribution is -0.123. The number of ether oxygens (including phenoxy) is 1. The molecule has 0 radical (unpaired) electrons. The summed E-state index contributed by atoms with van der Waals surface area (Å²) in [6, 6.07) is 4.86. The lowest BCUT2D eigenvalue weighted by Gasteiger charge is -2.36. The third kappa shape index (κ3) is 4.28. The Labute approximate surface area is 206 Å². The number of aromatic nitrogens is 2. The van der Waals surface area contributed by atoms with Gasteiger partial charge < -0.3 is 9.64 Å². The molecule has 3 unspecified atom stereocenters. The second-order valence-corrected chi connectivity index (χ2v) is 12.8. The first kappa shape index (κ1) is 23.5. The van der Waals surface area contributed by atoms with Gasteiger partial charge in [-0.2, -0.15) is 0 Å². The Kier molecular flexibility index (Phi) is 6.03. The fraction of sp³-hybridized carbons (Fsp3) is 0.455. The Hall–Kier alpha value is -2.28. The van der Waals surface area contributed by atoms with Crippen LogP contribution in [-0.2, 0) is 19.4 Å². The number of thiocarbonyl (C=S) groups is 1. The monoisotopic (exact) mass is 520 g/mol. The summed E-state index contributed by atoms with van der Waals surface area (Å²) in [5, 5.41) is 0. The molecule has 2 aromatic rings. The van der Waals surface area contributed by atoms with Crippen LogP contribution in [0.2, 0.25) is 0 Å². The minimum Gasteiger partial charge on any atom is -0.372 e. The van der Waals surface area contributed by atoms with Crippen molar-refractivity contribution in [2.24, 2.45) is 0 Å². The molecular formula is C22H24N4O5S3. The van der Waals surface area contributed by atoms with Crippen molar-refractivity contribution in [1.82, 2.24) is 14.3 Å². The van der Waals surface area contributed by atoms with E-state index in [1.165, 1.54) is 9.30 Å². The third-order valence-corrected chi connectivity index (χ3v) is 9.22. The maximum Gasteiger partial charge on any atom is 0.267 e. The maximum absolute atomic E-state index is 13.5. The summed E-state index contributed by atoms with van der Waals surface area (Å²) in [5.41, 5.74) is 0.515. The van der Waals surface area contributed by atoms with E-state index in [1.807, 2.05) is 24.8 Å². The van der Waals surface area contributed by atoms with Crippen LogP contribution in [0.15, 0.2) is 34.1 Å². The molecule has 180 valence electrons. The molecule has 0 saturated carbocycles. The lowest BCUT2D eigenvalue weighted by atomic mass is 10.1. The molecule has 3 saturated heterocycles. The second-order valence-electron chi connectivity index (χ2n) is 8.85. The van der Waals surface area contributed by atoms with E-state index in [0.717, 1.165) is 11.8 Å². The number of rotatable bonds is 3. The number of hydrogen-bond acceptors (Lipinski definition) is 9. The van der Waals surface area contributed by atoms with Gasteiger partial charge in [-0.05, 0) is 38.5 Å². The van der Waals surface area contributed by atoms with Crippen molar-refractivity contribution >= 4 is 61.6 Å². The number of thioether (sulfide) groups is 1. The van der Waals surface area contributed by atoms with Crippen LogP contribution in [0.3, 0.4) is 0 Å². The Morgan fingerprint density at radius 2 is 1.94 bits per heavy atom. The highest BCUT2D eigenvalue weighted by atomic mass is 32.2. The van der Waals surface area contributed by atoms with Gasteiger partial charge in [0, 0.05) is 19.3 Å². The zero-order chi connectivity index (χ0) is 24.2. The highest BCUT2D eigenvalue weighted by Gasteiger charge is 2.42. The number of carbonyl (C=O) groups excluding carboxylic acids is 1. The predicted molar refractivity (Wildman–Crippen MR) is 136 cm³/mol. The highest BCUT2D eigenvalue weighted by Crippen LogP contribution is 2.37. The molecule has 0 aromatic carbocycles. The first-order valence-electron chi connectivity index (χ1n) is 11.0. The smallest absolute Gasteiger partial charge is 0.267 e. The van der Waals surface area contributed by atoms with E-state index < -0.39 is 15.9 Å². The fourth-order valence-corrected chi connectivity index (χ4v) is 7.80. The number of hydrogen-bond donors (Lipinski definition) is 0. The number of carbonyl (C=O) groups is 1. The Morgan fingerprint density at radius 1 is 1.21 bits per heavy atom. The molecule has 12 heteroatoms. The molecule has 3 fully saturated rings. The quantitative estimate of drug-likeness (QED) is 0.442. The highest BCUT2D eigenvalue weighted by molar-refractivity contribution is 8.26. The molecule has 0 bridgehead atoms. The summed E-state index contributed by atoms with van der Waals surface area (Å²) >= 11 is 6.52. The van der Waals surface area contributed by atoms with E-state index in [2.05, 4.69) is 0 Å². The average molecular weight is 521 g/mol. The number of sulfone groups is 1. The average Bonchev–Trinajstić information content (AvgIpc) is 3.26. The van der Waals surface area contributed by atoms with Gasteiger partial charge in [0.05, 0.1) is 40.2 Å². The SMILES string of the molecule is CC1CN(c2nc3ccccn3c(=O)c2C=C2SC(=S)N(C3CCS(=O)(=O)C3)C2=O)CC(C)O1. The van der Waals surface area contributed by atoms with Crippen LogP contribution in [0.25, 0.3) is 11.7 Å². The van der Waals surface area contributed by atoms with Crippen LogP contribution in [0, 0.1) is 0 Å². The van der Waals surface area contributed by atoms with Crippen LogP contribution in [-0.4, -0.2) is 75.8 Å². The van der Waals surface area contributed by atoms with Crippen LogP contribution in [0.4, 0.5) is 5.82 Å². The zero-order valence-corrected chi connectivity index (χ0v) is 21.2. The van der Waals surface area contributed by atoms with Gasteiger partial charge in [0.1, 0.15) is 15.8 Å². The number of amides is 1. The third-order valence-electron chi connectivity index (χ3n) is 6.14. The maximum atomic E-state index is 13.5. The predicted octanol–water partition coefficient (Wildman–Crippen LogP) is 1.70. The van der Waals surface area contributed by atoms with Crippen molar-refractivity contribution in [3.8, 4) is 0 Å². The molecule has 5 rings (SSSR count). The summed E-state index contributed by atoms with van der Waals surface area (Å²) in [6.45, 7) is 5.05. The molecule has 2 aromatic heterocycles. The van der Waals surface area contributed by atoms with Crippen molar-refractivity contribution in [2.75, 3.05) is 29.5 Å². The van der Waals surface area contributed by atoms with E-state index in [4.69, 9.17) is 21.9 Å². The number of fused-ring (bicyclic) bond motifs is 1. The molecule has 0 aliphatic carbocycles. The van der Waals surface area contributed by atoms with Crippen molar-refractivity contribution < 1.29 is 17.9 Å². The van der Waals surface area contributed by atoms with Gasteiger partial charge in [-0.25, -0.2) is 13.4 Å². The number of nitrogens with zero attached hydrogens (tertiary/aromatic N) is 4. The number of pyridine rings is 1. The Morgan fingerprint density at radius 3 is 2.62 bits per heavy atom. The molecule has 3 aliphatic rings. The molecule has 3 aliphatic heterocycles. The van der Waals surface area contributed by atoms with Crippen LogP contribution < -0.4 is 10.5 Å². The first-order valence-corrected chi connectivity index (χ1v) is 14.1. The first-order chi connectivity index (χ1) is 16.1. The van der Waals surface area contributed by atoms with Crippen molar-refractivity contribution in [3.63, 3.8) is 0 Å². The van der Waals surface area contributed by atoms with Gasteiger partial charge in [-0.3, -0.25) is 18.9 Å². The zero-order valence-electron chi connectivity index (χ0n) is 18.7. The molecule has 1 amide bonds. The van der Waals surface area contributed by atoms with E-state index in [0.29, 0.717) is 45.8 Å². The molecule has 3 atom stereocenters. The van der Waals surface area contributed by atoms with Crippen molar-refractivity contribution in [1.29, 1.82) is 0 Å². The van der Waals surface area contributed by atoms with Gasteiger partial charge in [0.2, 0.25) is 0 Å². The topological polar surface area (TPSA) is 101 Å². The van der Waals surface area contributed by atoms with Gasteiger partial charge >= 0.3 is 0 Å². The minimum atomic E-state index is -3.18. The largest absolute Gasteiger partial charge is 0.372 e. The van der Waals surface area contributed by atoms with Crippen LogP contribution >= 0.6 is 24.0 Å². The van der Waals surface area contributed by atoms with Crippen LogP contribution in [0.1, 0.15) is 25.8 Å². The molecule has 0 spiro atoms. The van der Waals surface area contributed by atoms with E-state index in [-0.39, 0.29) is 35.2 Å². The Bertz CT molecular complexity index is 1380. The Balaban J connectivity index is 1.59. The number of morpholine rings is 1. The minimum absolute atomic E-state index is 0.0429. The molecule has 34 heavy (non-hydrogen) atoms. The normalized spacial score (nSPS) is 28.4. The van der Waals surface area contributed by atoms with Gasteiger partial charge in [0.15, 0.2) is 9.84 Å². The summed E-state index contributed by atoms with van der Waals surface area (Å²) < 4.78 is 31.5. The summed E-state index contributed by atoms with van der Waals surface area (Å²) in [6.07, 6.45) is 3.46. The second kappa shape index (κ2) is 8.74. The van der Waals surface area contributed by atoms with Gasteiger partial charge in [-0.15, -0.1) is 0 Å². The molecule has 0 N–H and O–H groups in total. The van der Waals surface area contributed by atoms with E-state index in [1.54, 1.807) is 24.4 Å². The summed E-state index contributed by atoms with van der Waals surface area (Å²) in [7, 11) is -3.18. The summed E-state index contributed by atoms with van der Waals surface area (Å²) in [5.74, 6) is 0.0689. The van der Waals surface area contributed by atoms with Gasteiger partial charge in [0.25, 0.3) is 11.5 Å². The summed E-state index contributed by atoms with van der Waals surface area (Å²) in [4.78, 5) is 35.3. The van der Waals surface area contributed by atoms with Gasteiger partial charge in [-0.1, -0.05) is 30.0 Å². The molecule has 9 nitrogen and oxygen atoms in total. The fourth-order valence-electron chi connectivity index (χ4n) is 4.71. The molecular weight excluding hydrogens is 496 g/mol. The lowest BCUT2D eigenvalue weighted by Crippen LogP contribution is -2.46.